The van der Waals surface area contributed by atoms with E-state index in [0.717, 1.165) is 25.9 Å². The standard InChI is InChI=1S/C8H16O2/c9-8-6-4-2-1-3-5-7-10-8/h8-9H,1-7H2. The maximum Gasteiger partial charge on any atom is 0.154 e. The average molecular weight is 144 g/mol. The van der Waals surface area contributed by atoms with Crippen LogP contribution in [0.4, 0.5) is 0 Å². The Bertz CT molecular complexity index is 73.3. The lowest BCUT2D eigenvalue weighted by molar-refractivity contribution is -0.103. The van der Waals surface area contributed by atoms with Crippen molar-refractivity contribution in [3.8, 4) is 0 Å². The Morgan fingerprint density at radius 2 is 1.70 bits per heavy atom. The highest BCUT2D eigenvalue weighted by Gasteiger charge is 2.05. The molecule has 1 N–H and O–H groups in total. The van der Waals surface area contributed by atoms with Crippen LogP contribution in [0.3, 0.4) is 0 Å². The van der Waals surface area contributed by atoms with Gasteiger partial charge < -0.3 is 9.84 Å². The van der Waals surface area contributed by atoms with E-state index in [9.17, 15) is 0 Å². The van der Waals surface area contributed by atoms with Crippen LogP contribution in [0.15, 0.2) is 0 Å². The van der Waals surface area contributed by atoms with Gasteiger partial charge in [0.2, 0.25) is 0 Å². The molecule has 0 aromatic carbocycles. The monoisotopic (exact) mass is 144 g/mol. The van der Waals surface area contributed by atoms with Crippen molar-refractivity contribution >= 4 is 0 Å². The number of aliphatic hydroxyl groups excluding tert-OH is 1. The lowest BCUT2D eigenvalue weighted by Crippen LogP contribution is -2.11. The smallest absolute Gasteiger partial charge is 0.154 e. The summed E-state index contributed by atoms with van der Waals surface area (Å²) in [5.41, 5.74) is 0. The first-order valence-electron chi connectivity index (χ1n) is 4.19. The van der Waals surface area contributed by atoms with Crippen molar-refractivity contribution in [1.29, 1.82) is 0 Å². The number of ether oxygens (including phenoxy) is 1. The van der Waals surface area contributed by atoms with Gasteiger partial charge in [0.05, 0.1) is 0 Å². The van der Waals surface area contributed by atoms with E-state index in [1.807, 2.05) is 0 Å². The Labute approximate surface area is 62.2 Å². The van der Waals surface area contributed by atoms with Gasteiger partial charge in [-0.1, -0.05) is 19.3 Å². The second-order valence-corrected chi connectivity index (χ2v) is 2.88. The Balaban J connectivity index is 2.15. The van der Waals surface area contributed by atoms with E-state index < -0.39 is 6.29 Å². The van der Waals surface area contributed by atoms with Crippen LogP contribution in [0.2, 0.25) is 0 Å². The number of hydrogen-bond acceptors (Lipinski definition) is 2. The van der Waals surface area contributed by atoms with Crippen molar-refractivity contribution in [3.05, 3.63) is 0 Å². The molecule has 0 aliphatic carbocycles. The fourth-order valence-electron chi connectivity index (χ4n) is 1.25. The first kappa shape index (κ1) is 8.02. The van der Waals surface area contributed by atoms with E-state index in [4.69, 9.17) is 9.84 Å². The summed E-state index contributed by atoms with van der Waals surface area (Å²) < 4.78 is 5.12. The van der Waals surface area contributed by atoms with E-state index >= 15 is 0 Å². The molecule has 1 heterocycles. The molecule has 0 saturated carbocycles. The van der Waals surface area contributed by atoms with Crippen molar-refractivity contribution in [2.75, 3.05) is 6.61 Å². The Morgan fingerprint density at radius 1 is 1.00 bits per heavy atom. The van der Waals surface area contributed by atoms with Crippen LogP contribution in [-0.2, 0) is 4.74 Å². The van der Waals surface area contributed by atoms with Gasteiger partial charge in [-0.3, -0.25) is 0 Å². The van der Waals surface area contributed by atoms with E-state index in [0.29, 0.717) is 0 Å². The van der Waals surface area contributed by atoms with Gasteiger partial charge in [0.25, 0.3) is 0 Å². The van der Waals surface area contributed by atoms with Crippen LogP contribution < -0.4 is 0 Å². The lowest BCUT2D eigenvalue weighted by atomic mass is 10.1. The zero-order valence-electron chi connectivity index (χ0n) is 6.38. The summed E-state index contributed by atoms with van der Waals surface area (Å²) in [6.45, 7) is 0.737. The Hall–Kier alpha value is -0.0800. The van der Waals surface area contributed by atoms with Crippen LogP contribution in [0.1, 0.15) is 38.5 Å². The van der Waals surface area contributed by atoms with Gasteiger partial charge >= 0.3 is 0 Å². The van der Waals surface area contributed by atoms with Gasteiger partial charge in [0, 0.05) is 6.61 Å². The summed E-state index contributed by atoms with van der Waals surface area (Å²) >= 11 is 0. The summed E-state index contributed by atoms with van der Waals surface area (Å²) in [5.74, 6) is 0. The molecule has 1 rings (SSSR count). The molecule has 1 aliphatic heterocycles. The molecule has 1 fully saturated rings. The van der Waals surface area contributed by atoms with Crippen LogP contribution in [0.25, 0.3) is 0 Å². The molecule has 1 unspecified atom stereocenters. The molecule has 1 atom stereocenters. The van der Waals surface area contributed by atoms with Crippen LogP contribution in [0, 0.1) is 0 Å². The number of hydrogen-bond donors (Lipinski definition) is 1. The molecule has 1 aliphatic rings. The minimum absolute atomic E-state index is 0.488. The van der Waals surface area contributed by atoms with Gasteiger partial charge in [-0.15, -0.1) is 0 Å². The number of rotatable bonds is 0. The molecular weight excluding hydrogens is 128 g/mol. The zero-order chi connectivity index (χ0) is 7.23. The van der Waals surface area contributed by atoms with Gasteiger partial charge in [0.1, 0.15) is 0 Å². The maximum atomic E-state index is 9.12. The third-order valence-electron chi connectivity index (χ3n) is 1.91. The minimum Gasteiger partial charge on any atom is -0.368 e. The molecule has 2 nitrogen and oxygen atoms in total. The van der Waals surface area contributed by atoms with Crippen LogP contribution in [-0.4, -0.2) is 18.0 Å². The molecule has 2 heteroatoms. The molecule has 10 heavy (non-hydrogen) atoms. The molecule has 0 radical (unpaired) electrons. The van der Waals surface area contributed by atoms with Crippen molar-refractivity contribution in [3.63, 3.8) is 0 Å². The van der Waals surface area contributed by atoms with Gasteiger partial charge in [-0.05, 0) is 19.3 Å². The van der Waals surface area contributed by atoms with Gasteiger partial charge in [0.15, 0.2) is 6.29 Å². The topological polar surface area (TPSA) is 29.5 Å². The summed E-state index contributed by atoms with van der Waals surface area (Å²) in [6, 6.07) is 0. The van der Waals surface area contributed by atoms with Crippen molar-refractivity contribution in [2.24, 2.45) is 0 Å². The predicted octanol–water partition coefficient (Wildman–Crippen LogP) is 1.68. The summed E-state index contributed by atoms with van der Waals surface area (Å²) in [6.07, 6.45) is 6.36. The molecule has 60 valence electrons. The van der Waals surface area contributed by atoms with Crippen LogP contribution >= 0.6 is 0 Å². The quantitative estimate of drug-likeness (QED) is 0.560. The van der Waals surface area contributed by atoms with Crippen LogP contribution in [0.5, 0.6) is 0 Å². The van der Waals surface area contributed by atoms with Gasteiger partial charge in [-0.25, -0.2) is 0 Å². The normalized spacial score (nSPS) is 30.3. The maximum absolute atomic E-state index is 9.12. The SMILES string of the molecule is OC1CCCCCCCO1. The second kappa shape index (κ2) is 4.69. The van der Waals surface area contributed by atoms with Crippen molar-refractivity contribution in [2.45, 2.75) is 44.8 Å². The molecule has 0 aromatic heterocycles. The lowest BCUT2D eigenvalue weighted by Gasteiger charge is -2.08. The highest BCUT2D eigenvalue weighted by atomic mass is 16.6. The molecule has 0 bridgehead atoms. The zero-order valence-corrected chi connectivity index (χ0v) is 6.38. The summed E-state index contributed by atoms with van der Waals surface area (Å²) in [5, 5.41) is 9.12. The molecule has 1 saturated heterocycles. The molecular formula is C8H16O2. The first-order valence-corrected chi connectivity index (χ1v) is 4.19. The first-order chi connectivity index (χ1) is 4.89. The Kier molecular flexibility index (Phi) is 3.76. The van der Waals surface area contributed by atoms with Crippen molar-refractivity contribution in [1.82, 2.24) is 0 Å². The minimum atomic E-state index is -0.488. The fourth-order valence-corrected chi connectivity index (χ4v) is 1.25. The highest BCUT2D eigenvalue weighted by Crippen LogP contribution is 2.11. The van der Waals surface area contributed by atoms with E-state index in [1.54, 1.807) is 0 Å². The summed E-state index contributed by atoms with van der Waals surface area (Å²) in [4.78, 5) is 0. The fraction of sp³-hybridized carbons (Fsp3) is 1.00. The van der Waals surface area contributed by atoms with Gasteiger partial charge in [-0.2, -0.15) is 0 Å². The predicted molar refractivity (Wildman–Crippen MR) is 39.7 cm³/mol. The molecule has 0 amide bonds. The largest absolute Gasteiger partial charge is 0.368 e. The van der Waals surface area contributed by atoms with E-state index in [1.165, 1.54) is 19.3 Å². The molecule has 0 spiro atoms. The third kappa shape index (κ3) is 3.18. The average Bonchev–Trinajstić information content (AvgIpc) is 2.02. The highest BCUT2D eigenvalue weighted by molar-refractivity contribution is 4.50. The molecule has 0 aromatic rings. The van der Waals surface area contributed by atoms with E-state index in [2.05, 4.69) is 0 Å². The number of aliphatic hydroxyl groups is 1. The second-order valence-electron chi connectivity index (χ2n) is 2.88. The Morgan fingerprint density at radius 3 is 2.60 bits per heavy atom. The summed E-state index contributed by atoms with van der Waals surface area (Å²) in [7, 11) is 0. The third-order valence-corrected chi connectivity index (χ3v) is 1.91. The van der Waals surface area contributed by atoms with E-state index in [-0.39, 0.29) is 0 Å². The van der Waals surface area contributed by atoms with Crippen molar-refractivity contribution < 1.29 is 9.84 Å².